The number of carbonyl (C=O) groups is 1. The highest BCUT2D eigenvalue weighted by atomic mass is 32.2. The monoisotopic (exact) mass is 506 g/mol. The summed E-state index contributed by atoms with van der Waals surface area (Å²) in [6.07, 6.45) is 2.35. The number of aliphatic imine (C=N–C) groups is 1. The van der Waals surface area contributed by atoms with E-state index in [0.29, 0.717) is 48.6 Å². The van der Waals surface area contributed by atoms with Crippen LogP contribution in [-0.4, -0.2) is 48.6 Å². The van der Waals surface area contributed by atoms with Crippen molar-refractivity contribution in [2.75, 3.05) is 17.8 Å². The smallest absolute Gasteiger partial charge is 0.264 e. The van der Waals surface area contributed by atoms with E-state index >= 15 is 0 Å². The predicted octanol–water partition coefficient (Wildman–Crippen LogP) is 4.35. The van der Waals surface area contributed by atoms with Gasteiger partial charge in [0.05, 0.1) is 11.4 Å². The molecule has 1 saturated heterocycles. The number of para-hydroxylation sites is 1. The van der Waals surface area contributed by atoms with E-state index in [0.717, 1.165) is 11.3 Å². The molecular formula is C27H30N4O4S. The Morgan fingerprint density at radius 2 is 1.72 bits per heavy atom. The maximum absolute atomic E-state index is 13.0. The van der Waals surface area contributed by atoms with Crippen molar-refractivity contribution in [3.05, 3.63) is 83.2 Å². The maximum atomic E-state index is 13.0. The van der Waals surface area contributed by atoms with Crippen LogP contribution >= 0.6 is 0 Å². The molecule has 36 heavy (non-hydrogen) atoms. The summed E-state index contributed by atoms with van der Waals surface area (Å²) in [7, 11) is -3.88. The third kappa shape index (κ3) is 5.32. The van der Waals surface area contributed by atoms with Gasteiger partial charge in [-0.1, -0.05) is 18.2 Å². The summed E-state index contributed by atoms with van der Waals surface area (Å²) in [5.74, 6) is -0.165. The zero-order chi connectivity index (χ0) is 25.9. The van der Waals surface area contributed by atoms with Crippen LogP contribution in [0.2, 0.25) is 0 Å². The van der Waals surface area contributed by atoms with Gasteiger partial charge < -0.3 is 10.0 Å². The minimum absolute atomic E-state index is 0.0876. The van der Waals surface area contributed by atoms with Crippen molar-refractivity contribution in [3.63, 3.8) is 0 Å². The van der Waals surface area contributed by atoms with E-state index in [-0.39, 0.29) is 10.8 Å². The molecule has 0 atom stereocenters. The maximum Gasteiger partial charge on any atom is 0.264 e. The van der Waals surface area contributed by atoms with Gasteiger partial charge in [0.25, 0.3) is 15.9 Å². The summed E-state index contributed by atoms with van der Waals surface area (Å²) >= 11 is 0. The van der Waals surface area contributed by atoms with Gasteiger partial charge in [0.2, 0.25) is 0 Å². The molecule has 0 radical (unpaired) electrons. The Hall–Kier alpha value is -3.56. The number of anilines is 1. The summed E-state index contributed by atoms with van der Waals surface area (Å²) in [5.41, 5.74) is 2.36. The number of carbonyl (C=O) groups excluding carboxylic acids is 1. The Kier molecular flexibility index (Phi) is 7.23. The lowest BCUT2D eigenvalue weighted by Crippen LogP contribution is -2.45. The van der Waals surface area contributed by atoms with Crippen LogP contribution in [0.5, 0.6) is 0 Å². The fourth-order valence-corrected chi connectivity index (χ4v) is 5.64. The third-order valence-electron chi connectivity index (χ3n) is 6.38. The van der Waals surface area contributed by atoms with Gasteiger partial charge in [0, 0.05) is 36.2 Å². The van der Waals surface area contributed by atoms with Gasteiger partial charge in [-0.05, 0) is 81.6 Å². The molecule has 2 heterocycles. The Balaban J connectivity index is 1.44. The Morgan fingerprint density at radius 1 is 1.06 bits per heavy atom. The number of pyridine rings is 1. The summed E-state index contributed by atoms with van der Waals surface area (Å²) in [4.78, 5) is 23.5. The number of aliphatic hydroxyl groups is 1. The van der Waals surface area contributed by atoms with Crippen molar-refractivity contribution in [2.45, 2.75) is 44.1 Å². The van der Waals surface area contributed by atoms with Crippen molar-refractivity contribution in [1.82, 2.24) is 9.88 Å². The van der Waals surface area contributed by atoms with Crippen LogP contribution in [0.4, 0.5) is 11.4 Å². The number of benzene rings is 2. The molecule has 0 unspecified atom stereocenters. The highest BCUT2D eigenvalue weighted by molar-refractivity contribution is 7.92. The number of hydrogen-bond acceptors (Lipinski definition) is 6. The Bertz CT molecular complexity index is 1390. The van der Waals surface area contributed by atoms with Gasteiger partial charge in [-0.2, -0.15) is 0 Å². The Morgan fingerprint density at radius 3 is 2.36 bits per heavy atom. The average molecular weight is 507 g/mol. The SMILES string of the molecule is C/C=N\c1c(C)cccc1S(=O)(=O)Nc1ccc(C(=O)N2CCC(O)(c3cccc(C)n3)CC2)cc1. The van der Waals surface area contributed by atoms with Gasteiger partial charge in [-0.15, -0.1) is 0 Å². The molecule has 188 valence electrons. The van der Waals surface area contributed by atoms with E-state index in [4.69, 9.17) is 0 Å². The molecule has 0 bridgehead atoms. The molecule has 2 aromatic carbocycles. The van der Waals surface area contributed by atoms with Crippen LogP contribution < -0.4 is 4.72 Å². The summed E-state index contributed by atoms with van der Waals surface area (Å²) in [6.45, 7) is 6.21. The van der Waals surface area contributed by atoms with Crippen LogP contribution in [0, 0.1) is 13.8 Å². The second kappa shape index (κ2) is 10.2. The molecule has 1 aliphatic rings. The van der Waals surface area contributed by atoms with Crippen LogP contribution in [-0.2, 0) is 15.6 Å². The molecule has 8 nitrogen and oxygen atoms in total. The fourth-order valence-electron chi connectivity index (χ4n) is 4.36. The van der Waals surface area contributed by atoms with E-state index in [9.17, 15) is 18.3 Å². The van der Waals surface area contributed by atoms with Crippen LogP contribution in [0.25, 0.3) is 0 Å². The van der Waals surface area contributed by atoms with Crippen molar-refractivity contribution in [3.8, 4) is 0 Å². The van der Waals surface area contributed by atoms with Gasteiger partial charge >= 0.3 is 0 Å². The van der Waals surface area contributed by atoms with Crippen molar-refractivity contribution in [2.24, 2.45) is 4.99 Å². The zero-order valence-electron chi connectivity index (χ0n) is 20.6. The number of aryl methyl sites for hydroxylation is 2. The molecule has 1 aliphatic heterocycles. The van der Waals surface area contributed by atoms with Crippen molar-refractivity contribution < 1.29 is 18.3 Å². The lowest BCUT2D eigenvalue weighted by atomic mass is 9.87. The molecule has 2 N–H and O–H groups in total. The molecule has 9 heteroatoms. The summed E-state index contributed by atoms with van der Waals surface area (Å²) < 4.78 is 28.6. The second-order valence-electron chi connectivity index (χ2n) is 8.98. The largest absolute Gasteiger partial charge is 0.383 e. The first-order valence-electron chi connectivity index (χ1n) is 11.8. The number of aromatic nitrogens is 1. The Labute approximate surface area is 211 Å². The molecular weight excluding hydrogens is 476 g/mol. The fraction of sp³-hybridized carbons (Fsp3) is 0.296. The van der Waals surface area contributed by atoms with Crippen LogP contribution in [0.15, 0.2) is 70.6 Å². The van der Waals surface area contributed by atoms with Crippen LogP contribution in [0.3, 0.4) is 0 Å². The highest BCUT2D eigenvalue weighted by Crippen LogP contribution is 2.33. The van der Waals surface area contributed by atoms with E-state index in [1.165, 1.54) is 6.07 Å². The van der Waals surface area contributed by atoms with E-state index in [1.807, 2.05) is 25.1 Å². The lowest BCUT2D eigenvalue weighted by Gasteiger charge is -2.38. The second-order valence-corrected chi connectivity index (χ2v) is 10.6. The molecule has 0 aliphatic carbocycles. The first kappa shape index (κ1) is 25.5. The molecule has 1 amide bonds. The molecule has 1 aromatic heterocycles. The average Bonchev–Trinajstić information content (AvgIpc) is 2.85. The number of likely N-dealkylation sites (tertiary alicyclic amines) is 1. The predicted molar refractivity (Wildman–Crippen MR) is 140 cm³/mol. The standard InChI is InChI=1S/C27H30N4O4S/c1-4-28-25-19(2)7-5-9-23(25)36(34,35)30-22-13-11-21(12-14-22)26(32)31-17-15-27(33,16-18-31)24-10-6-8-20(3)29-24/h4-14,30,33H,15-18H2,1-3H3/b28-4-. The first-order chi connectivity index (χ1) is 17.1. The summed E-state index contributed by atoms with van der Waals surface area (Å²) in [5, 5.41) is 11.1. The third-order valence-corrected chi connectivity index (χ3v) is 7.79. The number of piperidine rings is 1. The number of nitrogens with one attached hydrogen (secondary N) is 1. The zero-order valence-corrected chi connectivity index (χ0v) is 21.4. The topological polar surface area (TPSA) is 112 Å². The molecule has 4 rings (SSSR count). The normalized spacial score (nSPS) is 15.7. The quantitative estimate of drug-likeness (QED) is 0.483. The number of rotatable bonds is 6. The van der Waals surface area contributed by atoms with Gasteiger partial charge in [0.15, 0.2) is 0 Å². The lowest BCUT2D eigenvalue weighted by molar-refractivity contribution is -0.0245. The van der Waals surface area contributed by atoms with E-state index in [2.05, 4.69) is 14.7 Å². The molecule has 3 aromatic rings. The first-order valence-corrected chi connectivity index (χ1v) is 13.3. The molecule has 1 fully saturated rings. The van der Waals surface area contributed by atoms with E-state index < -0.39 is 15.6 Å². The minimum Gasteiger partial charge on any atom is -0.383 e. The number of nitrogens with zero attached hydrogens (tertiary/aromatic N) is 3. The van der Waals surface area contributed by atoms with Crippen molar-refractivity contribution in [1.29, 1.82) is 0 Å². The van der Waals surface area contributed by atoms with Crippen LogP contribution in [0.1, 0.15) is 47.1 Å². The highest BCUT2D eigenvalue weighted by Gasteiger charge is 2.36. The van der Waals surface area contributed by atoms with Gasteiger partial charge in [-0.3, -0.25) is 19.5 Å². The number of hydrogen-bond donors (Lipinski definition) is 2. The molecule has 0 spiro atoms. The number of sulfonamides is 1. The number of amides is 1. The molecule has 0 saturated carbocycles. The van der Waals surface area contributed by atoms with E-state index in [1.54, 1.807) is 61.4 Å². The minimum atomic E-state index is -3.88. The van der Waals surface area contributed by atoms with Gasteiger partial charge in [-0.25, -0.2) is 8.42 Å². The van der Waals surface area contributed by atoms with Crippen molar-refractivity contribution >= 4 is 33.5 Å². The summed E-state index contributed by atoms with van der Waals surface area (Å²) in [6, 6.07) is 16.9. The van der Waals surface area contributed by atoms with Gasteiger partial charge in [0.1, 0.15) is 10.5 Å².